The Bertz CT molecular complexity index is 817. The van der Waals surface area contributed by atoms with E-state index in [0.717, 1.165) is 17.9 Å². The second-order valence-electron chi connectivity index (χ2n) is 5.72. The third-order valence-corrected chi connectivity index (χ3v) is 8.07. The molecule has 11 heteroatoms. The van der Waals surface area contributed by atoms with Gasteiger partial charge in [0.15, 0.2) is 0 Å². The van der Waals surface area contributed by atoms with Crippen molar-refractivity contribution in [2.24, 2.45) is 0 Å². The number of hydrogen-bond donors (Lipinski definition) is 0. The normalized spacial score (nSPS) is 17.1. The van der Waals surface area contributed by atoms with E-state index in [0.29, 0.717) is 32.2 Å². The Morgan fingerprint density at radius 3 is 2.26 bits per heavy atom. The molecule has 2 saturated heterocycles. The predicted molar refractivity (Wildman–Crippen MR) is 119 cm³/mol. The smallest absolute Gasteiger partial charge is 0.325 e. The molecule has 0 atom stereocenters. The van der Waals surface area contributed by atoms with Gasteiger partial charge in [0.2, 0.25) is 0 Å². The van der Waals surface area contributed by atoms with Crippen molar-refractivity contribution in [3.63, 3.8) is 0 Å². The molecule has 144 valence electrons. The summed E-state index contributed by atoms with van der Waals surface area (Å²) in [5.41, 5.74) is 0.261. The number of nitrogens with zero attached hydrogens (tertiary/aromatic N) is 3. The molecular weight excluding hydrogens is 443 g/mol. The minimum Gasteiger partial charge on any atom is -0.617 e. The molecule has 0 saturated carbocycles. The number of aromatic nitrogens is 1. The molecule has 1 aromatic heterocycles. The number of thiocarbonyl (C=S) groups is 2. The molecule has 2 aliphatic rings. The second-order valence-corrected chi connectivity index (χ2v) is 10.3. The van der Waals surface area contributed by atoms with E-state index < -0.39 is 5.91 Å². The summed E-state index contributed by atoms with van der Waals surface area (Å²) in [5, 5.41) is 13.2. The van der Waals surface area contributed by atoms with Crippen molar-refractivity contribution in [2.75, 3.05) is 30.3 Å². The number of carbonyl (C=O) groups is 2. The summed E-state index contributed by atoms with van der Waals surface area (Å²) < 4.78 is 1.57. The van der Waals surface area contributed by atoms with Gasteiger partial charge in [0, 0.05) is 36.4 Å². The first-order valence-corrected chi connectivity index (χ1v) is 12.1. The second kappa shape index (κ2) is 9.08. The van der Waals surface area contributed by atoms with Gasteiger partial charge in [-0.15, -0.1) is 0 Å². The van der Waals surface area contributed by atoms with Crippen LogP contribution in [-0.2, 0) is 0 Å². The zero-order chi connectivity index (χ0) is 19.6. The van der Waals surface area contributed by atoms with Gasteiger partial charge in [0.25, 0.3) is 16.6 Å². The molecule has 0 unspecified atom stereocenters. The number of amides is 2. The molecule has 27 heavy (non-hydrogen) atoms. The van der Waals surface area contributed by atoms with Crippen molar-refractivity contribution in [1.82, 2.24) is 9.80 Å². The fourth-order valence-electron chi connectivity index (χ4n) is 2.62. The number of hydrogen-bond acceptors (Lipinski definition) is 8. The molecule has 2 aliphatic heterocycles. The van der Waals surface area contributed by atoms with E-state index in [4.69, 9.17) is 24.4 Å². The number of rotatable bonds is 5. The lowest BCUT2D eigenvalue weighted by atomic mass is 10.2. The minimum atomic E-state index is -0.426. The summed E-state index contributed by atoms with van der Waals surface area (Å²) in [6.45, 7) is 3.00. The third kappa shape index (κ3) is 4.26. The van der Waals surface area contributed by atoms with Crippen molar-refractivity contribution in [1.29, 1.82) is 0 Å². The van der Waals surface area contributed by atoms with Crippen molar-refractivity contribution < 1.29 is 14.3 Å². The lowest BCUT2D eigenvalue weighted by Crippen LogP contribution is -2.45. The van der Waals surface area contributed by atoms with Crippen LogP contribution in [0.4, 0.5) is 0 Å². The Hall–Kier alpha value is -0.880. The first-order valence-electron chi connectivity index (χ1n) is 8.32. The van der Waals surface area contributed by atoms with E-state index in [1.54, 1.807) is 6.07 Å². The fourth-order valence-corrected chi connectivity index (χ4v) is 5.94. The maximum atomic E-state index is 13.0. The largest absolute Gasteiger partial charge is 0.617 e. The highest BCUT2D eigenvalue weighted by atomic mass is 32.2. The van der Waals surface area contributed by atoms with Crippen LogP contribution in [0.2, 0.25) is 0 Å². The van der Waals surface area contributed by atoms with Crippen molar-refractivity contribution in [2.45, 2.75) is 18.4 Å². The lowest BCUT2D eigenvalue weighted by Gasteiger charge is -2.19. The summed E-state index contributed by atoms with van der Waals surface area (Å²) in [6, 6.07) is 2.97. The van der Waals surface area contributed by atoms with E-state index in [-0.39, 0.29) is 22.2 Å². The molecule has 0 aromatic carbocycles. The standard InChI is InChI=1S/C16H17N3O3S5/c1-2-7-25-14-10(12(20)17-5-8-26-15(17)23)3-4-11(19(14)22)13(21)18-6-9-27-16(18)24/h3-4H,2,5-9H2,1H3. The maximum Gasteiger partial charge on any atom is 0.325 e. The van der Waals surface area contributed by atoms with Gasteiger partial charge < -0.3 is 5.21 Å². The van der Waals surface area contributed by atoms with E-state index >= 15 is 0 Å². The van der Waals surface area contributed by atoms with E-state index in [9.17, 15) is 14.8 Å². The van der Waals surface area contributed by atoms with Crippen LogP contribution in [0.25, 0.3) is 0 Å². The minimum absolute atomic E-state index is 0.0200. The first kappa shape index (κ1) is 20.8. The lowest BCUT2D eigenvalue weighted by molar-refractivity contribution is -0.648. The molecule has 0 spiro atoms. The van der Waals surface area contributed by atoms with Crippen molar-refractivity contribution in [3.05, 3.63) is 28.6 Å². The zero-order valence-corrected chi connectivity index (χ0v) is 18.6. The van der Waals surface area contributed by atoms with Crippen LogP contribution < -0.4 is 4.73 Å². The summed E-state index contributed by atoms with van der Waals surface area (Å²) in [6.07, 6.45) is 0.835. The van der Waals surface area contributed by atoms with E-state index in [1.165, 1.54) is 51.2 Å². The molecule has 2 amide bonds. The molecule has 0 radical (unpaired) electrons. The summed E-state index contributed by atoms with van der Waals surface area (Å²) in [7, 11) is 0. The van der Waals surface area contributed by atoms with Crippen molar-refractivity contribution in [3.8, 4) is 0 Å². The van der Waals surface area contributed by atoms with Crippen LogP contribution in [0, 0.1) is 5.21 Å². The summed E-state index contributed by atoms with van der Waals surface area (Å²) >= 11 is 14.6. The Labute approximate surface area is 181 Å². The molecule has 3 rings (SSSR count). The first-order chi connectivity index (χ1) is 13.0. The molecular formula is C16H17N3O3S5. The third-order valence-electron chi connectivity index (χ3n) is 3.95. The SMILES string of the molecule is CCCSc1c(C(=O)N2CCSC2=S)ccc(C(=O)N2CCSC2=S)[n+]1[O-]. The highest BCUT2D eigenvalue weighted by Crippen LogP contribution is 2.27. The van der Waals surface area contributed by atoms with Crippen LogP contribution in [0.5, 0.6) is 0 Å². The van der Waals surface area contributed by atoms with Crippen LogP contribution in [0.3, 0.4) is 0 Å². The Kier molecular flexibility index (Phi) is 7.01. The van der Waals surface area contributed by atoms with Gasteiger partial charge in [-0.1, -0.05) is 66.6 Å². The number of carbonyl (C=O) groups excluding carboxylic acids is 2. The van der Waals surface area contributed by atoms with Crippen LogP contribution in [-0.4, -0.2) is 60.6 Å². The fraction of sp³-hybridized carbons (Fsp3) is 0.438. The van der Waals surface area contributed by atoms with Crippen LogP contribution in [0.15, 0.2) is 17.2 Å². The quantitative estimate of drug-likeness (QED) is 0.288. The van der Waals surface area contributed by atoms with Crippen LogP contribution in [0.1, 0.15) is 34.2 Å². The average molecular weight is 460 g/mol. The molecule has 6 nitrogen and oxygen atoms in total. The van der Waals surface area contributed by atoms with Gasteiger partial charge in [0.05, 0.1) is 0 Å². The zero-order valence-electron chi connectivity index (χ0n) is 14.5. The van der Waals surface area contributed by atoms with Gasteiger partial charge in [-0.25, -0.2) is 0 Å². The van der Waals surface area contributed by atoms with Gasteiger partial charge in [-0.2, -0.15) is 4.73 Å². The highest BCUT2D eigenvalue weighted by Gasteiger charge is 2.35. The van der Waals surface area contributed by atoms with Gasteiger partial charge in [-0.05, 0) is 12.5 Å². The van der Waals surface area contributed by atoms with Crippen LogP contribution >= 0.6 is 59.7 Å². The number of pyridine rings is 1. The summed E-state index contributed by atoms with van der Waals surface area (Å²) in [5.74, 6) is 1.42. The van der Waals surface area contributed by atoms with Gasteiger partial charge >= 0.3 is 5.91 Å². The van der Waals surface area contributed by atoms with E-state index in [1.807, 2.05) is 6.92 Å². The average Bonchev–Trinajstić information content (AvgIpc) is 3.27. The van der Waals surface area contributed by atoms with Crippen molar-refractivity contribution >= 4 is 80.2 Å². The Balaban J connectivity index is 1.98. The van der Waals surface area contributed by atoms with Gasteiger partial charge in [0.1, 0.15) is 14.2 Å². The predicted octanol–water partition coefficient (Wildman–Crippen LogP) is 2.77. The molecule has 2 fully saturated rings. The highest BCUT2D eigenvalue weighted by molar-refractivity contribution is 8.23. The summed E-state index contributed by atoms with van der Waals surface area (Å²) in [4.78, 5) is 28.6. The molecule has 0 N–H and O–H groups in total. The molecule has 0 aliphatic carbocycles. The van der Waals surface area contributed by atoms with E-state index in [2.05, 4.69) is 0 Å². The molecule has 0 bridgehead atoms. The Morgan fingerprint density at radius 2 is 1.74 bits per heavy atom. The Morgan fingerprint density at radius 1 is 1.15 bits per heavy atom. The monoisotopic (exact) mass is 459 g/mol. The van der Waals surface area contributed by atoms with Gasteiger partial charge in [-0.3, -0.25) is 19.4 Å². The maximum absolute atomic E-state index is 13.0. The molecule has 3 heterocycles. The topological polar surface area (TPSA) is 67.6 Å². The molecule has 1 aromatic rings. The number of thioether (sulfide) groups is 3.